The Hall–Kier alpha value is -1.05. The summed E-state index contributed by atoms with van der Waals surface area (Å²) in [5, 5.41) is 12.5. The molecule has 1 aromatic carbocycles. The average molecular weight is 322 g/mol. The molecule has 102 valence electrons. The van der Waals surface area contributed by atoms with Crippen LogP contribution in [0.25, 0.3) is 0 Å². The van der Waals surface area contributed by atoms with Crippen LogP contribution in [0.5, 0.6) is 0 Å². The highest BCUT2D eigenvalue weighted by atomic mass is 79.9. The molecule has 1 fully saturated rings. The van der Waals surface area contributed by atoms with Crippen molar-refractivity contribution in [2.45, 2.75) is 38.8 Å². The van der Waals surface area contributed by atoms with Crippen molar-refractivity contribution < 1.29 is 0 Å². The summed E-state index contributed by atoms with van der Waals surface area (Å²) in [6.45, 7) is 6.29. The van der Waals surface area contributed by atoms with E-state index < -0.39 is 0 Å². The maximum atomic E-state index is 9.06. The molecule has 1 aliphatic heterocycles. The molecular weight excluding hydrogens is 302 g/mol. The SMILES string of the molecule is Cc1cc(Br)ccc1N1C(C)CCNCC1CC#N. The van der Waals surface area contributed by atoms with Crippen molar-refractivity contribution in [2.75, 3.05) is 18.0 Å². The molecule has 2 rings (SSSR count). The van der Waals surface area contributed by atoms with Crippen LogP contribution in [0, 0.1) is 18.3 Å². The van der Waals surface area contributed by atoms with Gasteiger partial charge in [0.05, 0.1) is 18.5 Å². The molecule has 0 radical (unpaired) electrons. The van der Waals surface area contributed by atoms with E-state index >= 15 is 0 Å². The fourth-order valence-corrected chi connectivity index (χ4v) is 3.27. The molecule has 1 saturated heterocycles. The Morgan fingerprint density at radius 1 is 1.53 bits per heavy atom. The quantitative estimate of drug-likeness (QED) is 0.909. The largest absolute Gasteiger partial charge is 0.363 e. The zero-order valence-electron chi connectivity index (χ0n) is 11.5. The number of hydrogen-bond acceptors (Lipinski definition) is 3. The average Bonchev–Trinajstić information content (AvgIpc) is 2.53. The molecule has 1 heterocycles. The minimum absolute atomic E-state index is 0.252. The number of hydrogen-bond donors (Lipinski definition) is 1. The van der Waals surface area contributed by atoms with Crippen molar-refractivity contribution in [3.63, 3.8) is 0 Å². The van der Waals surface area contributed by atoms with Crippen LogP contribution in [0.15, 0.2) is 22.7 Å². The van der Waals surface area contributed by atoms with Gasteiger partial charge in [-0.25, -0.2) is 0 Å². The highest BCUT2D eigenvalue weighted by molar-refractivity contribution is 9.10. The number of nitriles is 1. The van der Waals surface area contributed by atoms with Gasteiger partial charge >= 0.3 is 0 Å². The van der Waals surface area contributed by atoms with Gasteiger partial charge in [0.2, 0.25) is 0 Å². The third-order valence-corrected chi connectivity index (χ3v) is 4.24. The molecule has 2 unspecified atom stereocenters. The number of halogens is 1. The van der Waals surface area contributed by atoms with E-state index in [-0.39, 0.29) is 6.04 Å². The molecule has 0 bridgehead atoms. The molecular formula is C15H20BrN3. The van der Waals surface area contributed by atoms with Gasteiger partial charge in [-0.2, -0.15) is 5.26 Å². The van der Waals surface area contributed by atoms with E-state index in [1.807, 2.05) is 0 Å². The lowest BCUT2D eigenvalue weighted by molar-refractivity contribution is 0.550. The van der Waals surface area contributed by atoms with Gasteiger partial charge in [0, 0.05) is 22.7 Å². The highest BCUT2D eigenvalue weighted by Crippen LogP contribution is 2.29. The predicted octanol–water partition coefficient (Wildman–Crippen LogP) is 3.23. The zero-order chi connectivity index (χ0) is 13.8. The normalized spacial score (nSPS) is 23.8. The second kappa shape index (κ2) is 6.40. The fraction of sp³-hybridized carbons (Fsp3) is 0.533. The third-order valence-electron chi connectivity index (χ3n) is 3.75. The molecule has 2 atom stereocenters. The topological polar surface area (TPSA) is 39.1 Å². The predicted molar refractivity (Wildman–Crippen MR) is 82.3 cm³/mol. The maximum absolute atomic E-state index is 9.06. The van der Waals surface area contributed by atoms with Crippen molar-refractivity contribution in [3.05, 3.63) is 28.2 Å². The van der Waals surface area contributed by atoms with Gasteiger partial charge in [0.15, 0.2) is 0 Å². The van der Waals surface area contributed by atoms with Gasteiger partial charge in [0.25, 0.3) is 0 Å². The smallest absolute Gasteiger partial charge is 0.0643 e. The highest BCUT2D eigenvalue weighted by Gasteiger charge is 2.27. The number of rotatable bonds is 2. The van der Waals surface area contributed by atoms with Crippen molar-refractivity contribution in [3.8, 4) is 6.07 Å². The van der Waals surface area contributed by atoms with E-state index in [0.717, 1.165) is 24.0 Å². The lowest BCUT2D eigenvalue weighted by atomic mass is 10.1. The minimum atomic E-state index is 0.252. The summed E-state index contributed by atoms with van der Waals surface area (Å²) in [6, 6.07) is 9.41. The Morgan fingerprint density at radius 2 is 2.32 bits per heavy atom. The number of nitrogens with zero attached hydrogens (tertiary/aromatic N) is 2. The Kier molecular flexibility index (Phi) is 4.84. The Morgan fingerprint density at radius 3 is 3.00 bits per heavy atom. The van der Waals surface area contributed by atoms with Gasteiger partial charge in [-0.3, -0.25) is 0 Å². The van der Waals surface area contributed by atoms with Crippen molar-refractivity contribution in [1.29, 1.82) is 5.26 Å². The van der Waals surface area contributed by atoms with Crippen molar-refractivity contribution in [2.24, 2.45) is 0 Å². The summed E-state index contributed by atoms with van der Waals surface area (Å²) in [5.41, 5.74) is 2.51. The Bertz CT molecular complexity index is 481. The van der Waals surface area contributed by atoms with Gasteiger partial charge in [-0.1, -0.05) is 15.9 Å². The van der Waals surface area contributed by atoms with Gasteiger partial charge in [-0.15, -0.1) is 0 Å². The lowest BCUT2D eigenvalue weighted by Gasteiger charge is -2.36. The van der Waals surface area contributed by atoms with E-state index in [1.165, 1.54) is 11.3 Å². The van der Waals surface area contributed by atoms with Crippen molar-refractivity contribution in [1.82, 2.24) is 5.32 Å². The molecule has 1 N–H and O–H groups in total. The van der Waals surface area contributed by atoms with Gasteiger partial charge in [0.1, 0.15) is 0 Å². The third kappa shape index (κ3) is 3.29. The van der Waals surface area contributed by atoms with E-state index in [4.69, 9.17) is 5.26 Å². The zero-order valence-corrected chi connectivity index (χ0v) is 13.1. The van der Waals surface area contributed by atoms with E-state index in [9.17, 15) is 0 Å². The lowest BCUT2D eigenvalue weighted by Crippen LogP contribution is -2.44. The van der Waals surface area contributed by atoms with Crippen LogP contribution in [-0.2, 0) is 0 Å². The number of aryl methyl sites for hydroxylation is 1. The first-order valence-corrected chi connectivity index (χ1v) is 7.55. The summed E-state index contributed by atoms with van der Waals surface area (Å²) in [7, 11) is 0. The van der Waals surface area contributed by atoms with Gasteiger partial charge in [-0.05, 0) is 50.6 Å². The minimum Gasteiger partial charge on any atom is -0.363 e. The maximum Gasteiger partial charge on any atom is 0.0643 e. The molecule has 0 aliphatic carbocycles. The molecule has 0 spiro atoms. The second-order valence-electron chi connectivity index (χ2n) is 5.20. The summed E-state index contributed by atoms with van der Waals surface area (Å²) < 4.78 is 1.10. The summed E-state index contributed by atoms with van der Waals surface area (Å²) in [6.07, 6.45) is 1.67. The molecule has 4 heteroatoms. The van der Waals surface area contributed by atoms with Crippen LogP contribution in [0.3, 0.4) is 0 Å². The first-order chi connectivity index (χ1) is 9.13. The van der Waals surface area contributed by atoms with Gasteiger partial charge < -0.3 is 10.2 Å². The van der Waals surface area contributed by atoms with Crippen LogP contribution in [0.4, 0.5) is 5.69 Å². The van der Waals surface area contributed by atoms with Crippen LogP contribution < -0.4 is 10.2 Å². The molecule has 0 saturated carbocycles. The fourth-order valence-electron chi connectivity index (χ4n) is 2.80. The Labute approximate surface area is 123 Å². The first-order valence-electron chi connectivity index (χ1n) is 6.75. The molecule has 1 aliphatic rings. The summed E-state index contributed by atoms with van der Waals surface area (Å²) in [4.78, 5) is 2.42. The van der Waals surface area contributed by atoms with Crippen molar-refractivity contribution >= 4 is 21.6 Å². The second-order valence-corrected chi connectivity index (χ2v) is 6.11. The molecule has 3 nitrogen and oxygen atoms in total. The van der Waals surface area contributed by atoms with E-state index in [2.05, 4.69) is 64.3 Å². The van der Waals surface area contributed by atoms with Crippen LogP contribution in [-0.4, -0.2) is 25.2 Å². The monoisotopic (exact) mass is 321 g/mol. The van der Waals surface area contributed by atoms with E-state index in [1.54, 1.807) is 0 Å². The molecule has 0 aromatic heterocycles. The van der Waals surface area contributed by atoms with Crippen LogP contribution in [0.1, 0.15) is 25.3 Å². The number of nitrogens with one attached hydrogen (secondary N) is 1. The van der Waals surface area contributed by atoms with Crippen LogP contribution in [0.2, 0.25) is 0 Å². The molecule has 0 amide bonds. The molecule has 19 heavy (non-hydrogen) atoms. The summed E-state index contributed by atoms with van der Waals surface area (Å²) >= 11 is 3.51. The standard InChI is InChI=1S/C15H20BrN3/c1-11-9-13(16)3-4-15(11)19-12(2)6-8-18-10-14(19)5-7-17/h3-4,9,12,14,18H,5-6,8,10H2,1-2H3. The molecule has 1 aromatic rings. The number of anilines is 1. The Balaban J connectivity index is 2.37. The number of benzene rings is 1. The summed E-state index contributed by atoms with van der Waals surface area (Å²) in [5.74, 6) is 0. The van der Waals surface area contributed by atoms with E-state index in [0.29, 0.717) is 12.5 Å². The van der Waals surface area contributed by atoms with Crippen LogP contribution >= 0.6 is 15.9 Å². The first kappa shape index (κ1) is 14.4.